The molecule has 0 atom stereocenters. The van der Waals surface area contributed by atoms with Gasteiger partial charge in [0.1, 0.15) is 11.3 Å². The number of anilines is 1. The third-order valence-corrected chi connectivity index (χ3v) is 3.35. The Hall–Kier alpha value is -2.14. The summed E-state index contributed by atoms with van der Waals surface area (Å²) in [6.45, 7) is 1.89. The Bertz CT molecular complexity index is 827. The van der Waals surface area contributed by atoms with Crippen molar-refractivity contribution >= 4 is 28.6 Å². The number of nitrogen functional groups attached to an aromatic ring is 1. The van der Waals surface area contributed by atoms with Crippen LogP contribution in [0.4, 0.5) is 14.7 Å². The monoisotopic (exact) mass is 293 g/mol. The van der Waals surface area contributed by atoms with Gasteiger partial charge in [-0.25, -0.2) is 13.8 Å². The van der Waals surface area contributed by atoms with Gasteiger partial charge in [-0.2, -0.15) is 0 Å². The van der Waals surface area contributed by atoms with Gasteiger partial charge in [0.05, 0.1) is 16.2 Å². The van der Waals surface area contributed by atoms with E-state index >= 15 is 0 Å². The van der Waals surface area contributed by atoms with Crippen molar-refractivity contribution < 1.29 is 8.78 Å². The molecule has 0 bridgehead atoms. The largest absolute Gasteiger partial charge is 0.369 e. The van der Waals surface area contributed by atoms with Crippen LogP contribution in [-0.2, 0) is 0 Å². The van der Waals surface area contributed by atoms with Crippen molar-refractivity contribution in [2.45, 2.75) is 6.92 Å². The van der Waals surface area contributed by atoms with Crippen LogP contribution in [0.3, 0.4) is 0 Å². The molecule has 6 heteroatoms. The minimum atomic E-state index is -0.756. The zero-order chi connectivity index (χ0) is 14.4. The molecule has 0 saturated carbocycles. The Morgan fingerprint density at radius 2 is 1.95 bits per heavy atom. The van der Waals surface area contributed by atoms with Crippen molar-refractivity contribution in [3.05, 3.63) is 52.6 Å². The molecule has 3 nitrogen and oxygen atoms in total. The first kappa shape index (κ1) is 12.9. The average molecular weight is 294 g/mol. The molecule has 3 aromatic rings. The molecule has 0 saturated heterocycles. The third kappa shape index (κ3) is 1.91. The molecule has 0 fully saturated rings. The molecule has 1 heterocycles. The van der Waals surface area contributed by atoms with E-state index in [1.165, 1.54) is 10.6 Å². The van der Waals surface area contributed by atoms with E-state index in [9.17, 15) is 8.78 Å². The molecule has 0 spiro atoms. The predicted molar refractivity (Wildman–Crippen MR) is 75.1 cm³/mol. The highest BCUT2D eigenvalue weighted by Crippen LogP contribution is 2.30. The predicted octanol–water partition coefficient (Wildman–Crippen LogP) is 3.85. The van der Waals surface area contributed by atoms with Crippen LogP contribution in [0, 0.1) is 18.6 Å². The summed E-state index contributed by atoms with van der Waals surface area (Å²) in [6, 6.07) is 7.27. The summed E-state index contributed by atoms with van der Waals surface area (Å²) in [5.74, 6) is -1.40. The molecule has 0 radical (unpaired) electrons. The van der Waals surface area contributed by atoms with Crippen LogP contribution in [0.2, 0.25) is 5.02 Å². The van der Waals surface area contributed by atoms with Crippen LogP contribution in [0.15, 0.2) is 30.3 Å². The number of imidazole rings is 1. The summed E-state index contributed by atoms with van der Waals surface area (Å²) in [5.41, 5.74) is 7.57. The summed E-state index contributed by atoms with van der Waals surface area (Å²) >= 11 is 6.18. The fraction of sp³-hybridized carbons (Fsp3) is 0.0714. The van der Waals surface area contributed by atoms with Crippen LogP contribution in [0.5, 0.6) is 0 Å². The molecule has 0 aliphatic rings. The van der Waals surface area contributed by atoms with E-state index in [-0.39, 0.29) is 17.0 Å². The topological polar surface area (TPSA) is 43.8 Å². The number of aromatic nitrogens is 2. The zero-order valence-corrected chi connectivity index (χ0v) is 11.2. The van der Waals surface area contributed by atoms with Gasteiger partial charge in [-0.3, -0.25) is 4.57 Å². The summed E-state index contributed by atoms with van der Waals surface area (Å²) < 4.78 is 28.6. The van der Waals surface area contributed by atoms with Crippen LogP contribution in [-0.4, -0.2) is 9.55 Å². The summed E-state index contributed by atoms with van der Waals surface area (Å²) in [6.07, 6.45) is 0. The SMILES string of the molecule is Cc1ccc(-n2c(N)nc3c(F)cc(F)cc32)c(Cl)c1. The molecular weight excluding hydrogens is 284 g/mol. The van der Waals surface area contributed by atoms with Gasteiger partial charge in [0.15, 0.2) is 5.82 Å². The molecule has 3 rings (SSSR count). The third-order valence-electron chi connectivity index (χ3n) is 3.05. The number of halogens is 3. The van der Waals surface area contributed by atoms with E-state index in [2.05, 4.69) is 4.98 Å². The lowest BCUT2D eigenvalue weighted by atomic mass is 10.2. The summed E-state index contributed by atoms with van der Waals surface area (Å²) in [5, 5.41) is 0.431. The van der Waals surface area contributed by atoms with Crippen LogP contribution >= 0.6 is 11.6 Å². The Balaban J connectivity index is 2.38. The van der Waals surface area contributed by atoms with Gasteiger partial charge in [-0.1, -0.05) is 17.7 Å². The number of benzene rings is 2. The van der Waals surface area contributed by atoms with E-state index in [4.69, 9.17) is 17.3 Å². The molecule has 0 amide bonds. The van der Waals surface area contributed by atoms with Gasteiger partial charge in [0, 0.05) is 12.1 Å². The van der Waals surface area contributed by atoms with Crippen molar-refractivity contribution in [2.75, 3.05) is 5.73 Å². The smallest absolute Gasteiger partial charge is 0.206 e. The first-order valence-electron chi connectivity index (χ1n) is 5.87. The minimum Gasteiger partial charge on any atom is -0.369 e. The number of hydrogen-bond acceptors (Lipinski definition) is 2. The Kier molecular flexibility index (Phi) is 2.87. The quantitative estimate of drug-likeness (QED) is 0.740. The van der Waals surface area contributed by atoms with E-state index in [1.54, 1.807) is 12.1 Å². The van der Waals surface area contributed by atoms with Crippen molar-refractivity contribution in [3.63, 3.8) is 0 Å². The highest BCUT2D eigenvalue weighted by Gasteiger charge is 2.16. The van der Waals surface area contributed by atoms with Crippen molar-refractivity contribution in [1.82, 2.24) is 9.55 Å². The second-order valence-corrected chi connectivity index (χ2v) is 4.92. The van der Waals surface area contributed by atoms with Crippen molar-refractivity contribution in [2.24, 2.45) is 0 Å². The molecule has 0 aliphatic carbocycles. The lowest BCUT2D eigenvalue weighted by Gasteiger charge is -2.09. The maximum absolute atomic E-state index is 13.7. The van der Waals surface area contributed by atoms with Gasteiger partial charge in [0.25, 0.3) is 0 Å². The first-order valence-corrected chi connectivity index (χ1v) is 6.24. The maximum atomic E-state index is 13.7. The number of nitrogens with zero attached hydrogens (tertiary/aromatic N) is 2. The van der Waals surface area contributed by atoms with Gasteiger partial charge in [-0.15, -0.1) is 0 Å². The van der Waals surface area contributed by atoms with Crippen LogP contribution in [0.25, 0.3) is 16.7 Å². The highest BCUT2D eigenvalue weighted by molar-refractivity contribution is 6.32. The lowest BCUT2D eigenvalue weighted by molar-refractivity contribution is 0.590. The first-order chi connectivity index (χ1) is 9.47. The van der Waals surface area contributed by atoms with Crippen molar-refractivity contribution in [1.29, 1.82) is 0 Å². The molecule has 2 N–H and O–H groups in total. The second kappa shape index (κ2) is 4.45. The Morgan fingerprint density at radius 1 is 1.20 bits per heavy atom. The van der Waals surface area contributed by atoms with Gasteiger partial charge in [-0.05, 0) is 24.6 Å². The average Bonchev–Trinajstić information content (AvgIpc) is 2.67. The van der Waals surface area contributed by atoms with Gasteiger partial charge >= 0.3 is 0 Å². The minimum absolute atomic E-state index is 0.0144. The summed E-state index contributed by atoms with van der Waals surface area (Å²) in [4.78, 5) is 3.93. The lowest BCUT2D eigenvalue weighted by Crippen LogP contribution is -2.01. The summed E-state index contributed by atoms with van der Waals surface area (Å²) in [7, 11) is 0. The molecule has 0 aliphatic heterocycles. The van der Waals surface area contributed by atoms with Crippen LogP contribution in [0.1, 0.15) is 5.56 Å². The van der Waals surface area contributed by atoms with Crippen molar-refractivity contribution in [3.8, 4) is 5.69 Å². The molecular formula is C14H10ClF2N3. The molecule has 0 unspecified atom stereocenters. The number of hydrogen-bond donors (Lipinski definition) is 1. The molecule has 20 heavy (non-hydrogen) atoms. The Labute approximate surface area is 118 Å². The van der Waals surface area contributed by atoms with Crippen LogP contribution < -0.4 is 5.73 Å². The molecule has 102 valence electrons. The van der Waals surface area contributed by atoms with E-state index in [0.29, 0.717) is 10.7 Å². The van der Waals surface area contributed by atoms with Gasteiger partial charge in [0.2, 0.25) is 5.95 Å². The fourth-order valence-electron chi connectivity index (χ4n) is 2.17. The highest BCUT2D eigenvalue weighted by atomic mass is 35.5. The number of nitrogens with two attached hydrogens (primary N) is 1. The molecule has 1 aromatic heterocycles. The van der Waals surface area contributed by atoms with Gasteiger partial charge < -0.3 is 5.73 Å². The van der Waals surface area contributed by atoms with E-state index in [0.717, 1.165) is 11.6 Å². The second-order valence-electron chi connectivity index (χ2n) is 4.52. The number of aryl methyl sites for hydroxylation is 1. The zero-order valence-electron chi connectivity index (χ0n) is 10.5. The fourth-order valence-corrected chi connectivity index (χ4v) is 2.49. The normalized spacial score (nSPS) is 11.2. The van der Waals surface area contributed by atoms with E-state index in [1.807, 2.05) is 13.0 Å². The standard InChI is InChI=1S/C14H10ClF2N3/c1-7-2-3-11(9(15)4-7)20-12-6-8(16)5-10(17)13(12)19-14(20)18/h2-6H,1H3,(H2,18,19). The maximum Gasteiger partial charge on any atom is 0.206 e. The number of rotatable bonds is 1. The Morgan fingerprint density at radius 3 is 2.65 bits per heavy atom. The van der Waals surface area contributed by atoms with E-state index < -0.39 is 11.6 Å². The molecule has 2 aromatic carbocycles. The number of fused-ring (bicyclic) bond motifs is 1.